The first kappa shape index (κ1) is 21.9. The third-order valence-corrected chi connectivity index (χ3v) is 8.30. The van der Waals surface area contributed by atoms with Crippen LogP contribution in [0.15, 0.2) is 39.6 Å². The summed E-state index contributed by atoms with van der Waals surface area (Å²) >= 11 is 1.30. The molecular weight excluding hydrogens is 432 g/mol. The number of nitrogens with zero attached hydrogens (tertiary/aromatic N) is 1. The molecule has 1 fully saturated rings. The molecule has 10 heteroatoms. The van der Waals surface area contributed by atoms with Gasteiger partial charge in [0, 0.05) is 24.1 Å². The molecule has 1 unspecified atom stereocenters. The zero-order valence-electron chi connectivity index (χ0n) is 16.3. The van der Waals surface area contributed by atoms with Crippen LogP contribution in [0.5, 0.6) is 0 Å². The Kier molecular flexibility index (Phi) is 6.45. The largest absolute Gasteiger partial charge is 0.301 e. The zero-order chi connectivity index (χ0) is 21.2. The molecule has 1 aromatic carbocycles. The lowest BCUT2D eigenvalue weighted by Crippen LogP contribution is -2.23. The minimum absolute atomic E-state index is 0.247. The first-order chi connectivity index (χ1) is 13.6. The molecule has 0 spiro atoms. The monoisotopic (exact) mass is 456 g/mol. The van der Waals surface area contributed by atoms with Gasteiger partial charge in [0.15, 0.2) is 24.8 Å². The second kappa shape index (κ2) is 8.53. The van der Waals surface area contributed by atoms with Crippen LogP contribution >= 0.6 is 11.3 Å². The van der Waals surface area contributed by atoms with Gasteiger partial charge in [-0.05, 0) is 30.0 Å². The van der Waals surface area contributed by atoms with Crippen molar-refractivity contribution in [2.75, 3.05) is 17.8 Å². The van der Waals surface area contributed by atoms with E-state index in [1.54, 1.807) is 17.6 Å². The van der Waals surface area contributed by atoms with Crippen LogP contribution in [0, 0.1) is 5.92 Å². The lowest BCUT2D eigenvalue weighted by atomic mass is 9.87. The number of hydrogen-bond donors (Lipinski definition) is 1. The lowest BCUT2D eigenvalue weighted by molar-refractivity contribution is -0.118. The number of thiazole rings is 1. The molecule has 0 aliphatic heterocycles. The van der Waals surface area contributed by atoms with E-state index in [4.69, 9.17) is 0 Å². The summed E-state index contributed by atoms with van der Waals surface area (Å²) in [6.45, 7) is 0. The first-order valence-corrected chi connectivity index (χ1v) is 14.0. The number of sulfone groups is 2. The Morgan fingerprint density at radius 2 is 1.79 bits per heavy atom. The van der Waals surface area contributed by atoms with Crippen LogP contribution in [0.2, 0.25) is 0 Å². The van der Waals surface area contributed by atoms with Gasteiger partial charge in [-0.3, -0.25) is 4.79 Å². The molecule has 158 valence electrons. The molecule has 3 rings (SSSR count). The molecule has 1 atom stereocenters. The van der Waals surface area contributed by atoms with E-state index in [0.717, 1.165) is 38.2 Å². The first-order valence-electron chi connectivity index (χ1n) is 9.30. The van der Waals surface area contributed by atoms with Crippen molar-refractivity contribution in [1.82, 2.24) is 4.98 Å². The topological polar surface area (TPSA) is 110 Å². The number of nitrogens with one attached hydrogen (secondary N) is 1. The van der Waals surface area contributed by atoms with Crippen LogP contribution in [0.4, 0.5) is 5.13 Å². The predicted octanol–water partition coefficient (Wildman–Crippen LogP) is 3.25. The Labute approximate surface area is 175 Å². The summed E-state index contributed by atoms with van der Waals surface area (Å²) in [6, 6.07) is 4.18. The zero-order valence-corrected chi connectivity index (χ0v) is 18.7. The molecule has 1 aromatic heterocycles. The highest BCUT2D eigenvalue weighted by atomic mass is 32.2. The van der Waals surface area contributed by atoms with Crippen LogP contribution in [0.3, 0.4) is 0 Å². The van der Waals surface area contributed by atoms with E-state index in [0.29, 0.717) is 23.0 Å². The summed E-state index contributed by atoms with van der Waals surface area (Å²) in [4.78, 5) is 16.6. The highest BCUT2D eigenvalue weighted by molar-refractivity contribution is 7.93. The predicted molar refractivity (Wildman–Crippen MR) is 113 cm³/mol. The maximum Gasteiger partial charge on any atom is 0.233 e. The molecular formula is C19H24N2O5S3. The van der Waals surface area contributed by atoms with Crippen LogP contribution in [0.25, 0.3) is 0 Å². The molecule has 1 amide bonds. The van der Waals surface area contributed by atoms with Gasteiger partial charge in [-0.1, -0.05) is 31.7 Å². The highest BCUT2D eigenvalue weighted by Crippen LogP contribution is 2.36. The van der Waals surface area contributed by atoms with Crippen molar-refractivity contribution in [1.29, 1.82) is 0 Å². The van der Waals surface area contributed by atoms with Gasteiger partial charge in [-0.15, -0.1) is 11.3 Å². The molecule has 0 saturated heterocycles. The number of aromatic nitrogens is 1. The van der Waals surface area contributed by atoms with Gasteiger partial charge in [0.25, 0.3) is 0 Å². The average molecular weight is 457 g/mol. The minimum atomic E-state index is -3.80. The van der Waals surface area contributed by atoms with Crippen LogP contribution in [-0.2, 0) is 24.5 Å². The number of carbonyl (C=O) groups is 1. The van der Waals surface area contributed by atoms with Crippen LogP contribution < -0.4 is 5.32 Å². The van der Waals surface area contributed by atoms with Crippen LogP contribution in [-0.4, -0.2) is 40.2 Å². The number of benzene rings is 1. The maximum atomic E-state index is 13.0. The van der Waals surface area contributed by atoms with E-state index in [1.807, 2.05) is 0 Å². The number of amides is 1. The van der Waals surface area contributed by atoms with E-state index < -0.39 is 25.6 Å². The van der Waals surface area contributed by atoms with E-state index in [2.05, 4.69) is 10.3 Å². The van der Waals surface area contributed by atoms with Gasteiger partial charge in [-0.2, -0.15) is 0 Å². The summed E-state index contributed by atoms with van der Waals surface area (Å²) < 4.78 is 48.7. The normalized spacial score (nSPS) is 16.6. The van der Waals surface area contributed by atoms with Crippen LogP contribution in [0.1, 0.15) is 43.6 Å². The number of anilines is 1. The molecule has 0 bridgehead atoms. The molecule has 1 saturated carbocycles. The van der Waals surface area contributed by atoms with E-state index in [1.165, 1.54) is 23.5 Å². The minimum Gasteiger partial charge on any atom is -0.301 e. The highest BCUT2D eigenvalue weighted by Gasteiger charge is 2.29. The van der Waals surface area contributed by atoms with E-state index in [9.17, 15) is 21.6 Å². The Bertz CT molecular complexity index is 1090. The second-order valence-corrected chi connectivity index (χ2v) is 12.4. The molecule has 7 nitrogen and oxygen atoms in total. The second-order valence-electron chi connectivity index (χ2n) is 7.52. The molecule has 0 radical (unpaired) electrons. The van der Waals surface area contributed by atoms with Gasteiger partial charge in [0.2, 0.25) is 5.91 Å². The molecule has 2 aromatic rings. The fraction of sp³-hybridized carbons (Fsp3) is 0.474. The summed E-state index contributed by atoms with van der Waals surface area (Å²) in [7, 11) is -7.53. The molecule has 1 N–H and O–H groups in total. The van der Waals surface area contributed by atoms with Crippen molar-refractivity contribution in [2.45, 2.75) is 47.8 Å². The number of hydrogen-bond acceptors (Lipinski definition) is 7. The fourth-order valence-corrected chi connectivity index (χ4v) is 6.75. The van der Waals surface area contributed by atoms with Gasteiger partial charge in [0.05, 0.1) is 15.7 Å². The van der Waals surface area contributed by atoms with E-state index >= 15 is 0 Å². The lowest BCUT2D eigenvalue weighted by Gasteiger charge is -2.21. The summed E-state index contributed by atoms with van der Waals surface area (Å²) in [5.74, 6) is -0.479. The molecule has 1 aliphatic carbocycles. The van der Waals surface area contributed by atoms with Gasteiger partial charge >= 0.3 is 0 Å². The third-order valence-electron chi connectivity index (χ3n) is 5.19. The van der Waals surface area contributed by atoms with Crippen molar-refractivity contribution < 1.29 is 21.6 Å². The summed E-state index contributed by atoms with van der Waals surface area (Å²) in [5, 5.41) is 5.03. The Morgan fingerprint density at radius 1 is 1.14 bits per heavy atom. The van der Waals surface area contributed by atoms with Crippen molar-refractivity contribution in [3.8, 4) is 0 Å². The fourth-order valence-electron chi connectivity index (χ4n) is 3.79. The third kappa shape index (κ3) is 5.43. The van der Waals surface area contributed by atoms with Gasteiger partial charge in [-0.25, -0.2) is 21.8 Å². The molecule has 1 heterocycles. The quantitative estimate of drug-likeness (QED) is 0.685. The average Bonchev–Trinajstić information content (AvgIpc) is 3.31. The standard InChI is InChI=1S/C19H24N2O5S3/c1-28(23,24)16-8-7-14(12-17(16)29(2,25)26)15(11-13-5-3-4-6-13)18(22)21-19-20-9-10-27-19/h7-10,12-13,15H,3-6,11H2,1-2H3,(H,20,21,22). The Balaban J connectivity index is 2.03. The maximum absolute atomic E-state index is 13.0. The smallest absolute Gasteiger partial charge is 0.233 e. The van der Waals surface area contributed by atoms with Gasteiger partial charge in [0.1, 0.15) is 0 Å². The Hall–Kier alpha value is -1.78. The number of carbonyl (C=O) groups excluding carboxylic acids is 1. The number of rotatable bonds is 7. The van der Waals surface area contributed by atoms with Crippen molar-refractivity contribution in [3.05, 3.63) is 35.3 Å². The SMILES string of the molecule is CS(=O)(=O)c1ccc(C(CC2CCCC2)C(=O)Nc2nccs2)cc1S(C)(=O)=O. The van der Waals surface area contributed by atoms with E-state index in [-0.39, 0.29) is 15.7 Å². The molecule has 29 heavy (non-hydrogen) atoms. The molecule has 1 aliphatic rings. The Morgan fingerprint density at radius 3 is 2.34 bits per heavy atom. The summed E-state index contributed by atoms with van der Waals surface area (Å²) in [5.41, 5.74) is 0.499. The van der Waals surface area contributed by atoms with Gasteiger partial charge < -0.3 is 5.32 Å². The summed E-state index contributed by atoms with van der Waals surface area (Å²) in [6.07, 6.45) is 8.42. The van der Waals surface area contributed by atoms with Crippen molar-refractivity contribution in [2.24, 2.45) is 5.92 Å². The van der Waals surface area contributed by atoms with Crippen molar-refractivity contribution >= 4 is 42.1 Å². The van der Waals surface area contributed by atoms with Crippen molar-refractivity contribution in [3.63, 3.8) is 0 Å².